The summed E-state index contributed by atoms with van der Waals surface area (Å²) in [5, 5.41) is 0. The van der Waals surface area contributed by atoms with E-state index in [1.165, 1.54) is 0 Å². The summed E-state index contributed by atoms with van der Waals surface area (Å²) in [6.45, 7) is 0.332. The molecule has 0 aliphatic carbocycles. The van der Waals surface area contributed by atoms with Gasteiger partial charge in [-0.05, 0) is 47.5 Å². The van der Waals surface area contributed by atoms with Crippen molar-refractivity contribution in [1.82, 2.24) is 4.57 Å². The Kier molecular flexibility index (Phi) is 4.05. The number of aldehydes is 1. The van der Waals surface area contributed by atoms with Crippen molar-refractivity contribution < 1.29 is 9.53 Å². The molecule has 3 nitrogen and oxygen atoms in total. The van der Waals surface area contributed by atoms with Crippen LogP contribution < -0.4 is 4.74 Å². The van der Waals surface area contributed by atoms with Crippen molar-refractivity contribution in [2.24, 2.45) is 0 Å². The average Bonchev–Trinajstić information content (AvgIpc) is 3.00. The van der Waals surface area contributed by atoms with Gasteiger partial charge in [0.2, 0.25) is 0 Å². The van der Waals surface area contributed by atoms with Gasteiger partial charge in [0.05, 0.1) is 13.7 Å². The minimum Gasteiger partial charge on any atom is -0.497 e. The summed E-state index contributed by atoms with van der Waals surface area (Å²) in [5.41, 5.74) is 4.22. The van der Waals surface area contributed by atoms with Gasteiger partial charge in [0, 0.05) is 11.4 Å². The van der Waals surface area contributed by atoms with Crippen molar-refractivity contribution in [3.8, 4) is 28.3 Å². The van der Waals surface area contributed by atoms with Crippen molar-refractivity contribution >= 4 is 6.29 Å². The number of hydrogen-bond acceptors (Lipinski definition) is 2. The molecule has 0 aliphatic rings. The Bertz CT molecular complexity index is 758. The Hall–Kier alpha value is -2.81. The maximum absolute atomic E-state index is 11.1. The van der Waals surface area contributed by atoms with E-state index < -0.39 is 0 Å². The number of hydrogen-bond donors (Lipinski definition) is 0. The molecule has 0 atom stereocenters. The fraction of sp³-hybridized carbons (Fsp3) is 0.105. The number of carbonyl (C=O) groups excluding carboxylic acids is 1. The van der Waals surface area contributed by atoms with Crippen LogP contribution in [0.2, 0.25) is 0 Å². The van der Waals surface area contributed by atoms with Crippen molar-refractivity contribution in [2.45, 2.75) is 6.54 Å². The molecule has 0 unspecified atom stereocenters. The van der Waals surface area contributed by atoms with Gasteiger partial charge in [-0.15, -0.1) is 0 Å². The van der Waals surface area contributed by atoms with Gasteiger partial charge in [-0.3, -0.25) is 0 Å². The highest BCUT2D eigenvalue weighted by molar-refractivity contribution is 5.71. The highest BCUT2D eigenvalue weighted by Crippen LogP contribution is 2.29. The summed E-state index contributed by atoms with van der Waals surface area (Å²) in [5.74, 6) is 0.820. The van der Waals surface area contributed by atoms with Gasteiger partial charge in [0.25, 0.3) is 0 Å². The maximum atomic E-state index is 11.1. The quantitative estimate of drug-likeness (QED) is 0.665. The van der Waals surface area contributed by atoms with Crippen LogP contribution in [0.15, 0.2) is 66.7 Å². The molecule has 0 N–H and O–H groups in total. The number of rotatable bonds is 5. The zero-order chi connectivity index (χ0) is 15.4. The lowest BCUT2D eigenvalue weighted by molar-refractivity contribution is -0.108. The lowest BCUT2D eigenvalue weighted by atomic mass is 10.1. The molecular formula is C19H17NO2. The number of aromatic nitrogens is 1. The van der Waals surface area contributed by atoms with Crippen LogP contribution in [-0.2, 0) is 11.3 Å². The molecule has 0 saturated carbocycles. The number of benzene rings is 2. The van der Waals surface area contributed by atoms with Crippen molar-refractivity contribution in [3.63, 3.8) is 0 Å². The van der Waals surface area contributed by atoms with Crippen LogP contribution in [0.1, 0.15) is 0 Å². The molecule has 22 heavy (non-hydrogen) atoms. The topological polar surface area (TPSA) is 31.2 Å². The van der Waals surface area contributed by atoms with E-state index in [-0.39, 0.29) is 0 Å². The molecule has 0 bridgehead atoms. The van der Waals surface area contributed by atoms with E-state index in [1.54, 1.807) is 7.11 Å². The lowest BCUT2D eigenvalue weighted by Crippen LogP contribution is -2.03. The van der Waals surface area contributed by atoms with E-state index in [0.717, 1.165) is 34.6 Å². The molecule has 110 valence electrons. The second-order valence-electron chi connectivity index (χ2n) is 4.98. The lowest BCUT2D eigenvalue weighted by Gasteiger charge is -2.11. The molecule has 0 radical (unpaired) electrons. The summed E-state index contributed by atoms with van der Waals surface area (Å²) in [7, 11) is 1.65. The zero-order valence-corrected chi connectivity index (χ0v) is 12.4. The van der Waals surface area contributed by atoms with E-state index in [9.17, 15) is 4.79 Å². The third-order valence-corrected chi connectivity index (χ3v) is 3.69. The third kappa shape index (κ3) is 2.66. The molecule has 1 heterocycles. The molecule has 3 heteroatoms. The fourth-order valence-electron chi connectivity index (χ4n) is 2.61. The van der Waals surface area contributed by atoms with Crippen molar-refractivity contribution in [1.29, 1.82) is 0 Å². The normalized spacial score (nSPS) is 10.4. The van der Waals surface area contributed by atoms with Gasteiger partial charge in [-0.2, -0.15) is 0 Å². The Balaban J connectivity index is 2.08. The Morgan fingerprint density at radius 3 is 2.00 bits per heavy atom. The molecule has 1 aromatic heterocycles. The molecule has 3 aromatic rings. The van der Waals surface area contributed by atoms with Gasteiger partial charge in [-0.1, -0.05) is 30.3 Å². The molecular weight excluding hydrogens is 274 g/mol. The summed E-state index contributed by atoms with van der Waals surface area (Å²) >= 11 is 0. The SMILES string of the molecule is COc1ccc(-c2ccc(-c3ccccc3)n2CC=O)cc1. The second kappa shape index (κ2) is 6.31. The highest BCUT2D eigenvalue weighted by Gasteiger charge is 2.11. The number of ether oxygens (including phenoxy) is 1. The van der Waals surface area contributed by atoms with Crippen LogP contribution in [-0.4, -0.2) is 18.0 Å². The summed E-state index contributed by atoms with van der Waals surface area (Å²) in [4.78, 5) is 11.1. The van der Waals surface area contributed by atoms with Gasteiger partial charge in [0.15, 0.2) is 0 Å². The predicted octanol–water partition coefficient (Wildman–Crippen LogP) is 4.03. The van der Waals surface area contributed by atoms with Crippen LogP contribution in [0.5, 0.6) is 5.75 Å². The molecule has 0 fully saturated rings. The molecule has 0 aliphatic heterocycles. The first-order valence-electron chi connectivity index (χ1n) is 7.16. The molecule has 2 aromatic carbocycles. The van der Waals surface area contributed by atoms with Gasteiger partial charge >= 0.3 is 0 Å². The third-order valence-electron chi connectivity index (χ3n) is 3.69. The minimum atomic E-state index is 0.332. The van der Waals surface area contributed by atoms with Gasteiger partial charge < -0.3 is 14.1 Å². The Morgan fingerprint density at radius 2 is 1.45 bits per heavy atom. The first-order valence-corrected chi connectivity index (χ1v) is 7.16. The van der Waals surface area contributed by atoms with Crippen LogP contribution in [0, 0.1) is 0 Å². The van der Waals surface area contributed by atoms with Crippen LogP contribution in [0.25, 0.3) is 22.5 Å². The molecule has 0 spiro atoms. The first-order chi connectivity index (χ1) is 10.8. The Labute approximate surface area is 129 Å². The van der Waals surface area contributed by atoms with E-state index in [1.807, 2.05) is 53.1 Å². The predicted molar refractivity (Wildman–Crippen MR) is 87.9 cm³/mol. The number of carbonyl (C=O) groups is 1. The van der Waals surface area contributed by atoms with Crippen LogP contribution in [0.4, 0.5) is 0 Å². The second-order valence-corrected chi connectivity index (χ2v) is 4.98. The van der Waals surface area contributed by atoms with Crippen molar-refractivity contribution in [2.75, 3.05) is 7.11 Å². The molecule has 0 saturated heterocycles. The molecule has 3 rings (SSSR count). The van der Waals surface area contributed by atoms with Crippen LogP contribution in [0.3, 0.4) is 0 Å². The Morgan fingerprint density at radius 1 is 0.864 bits per heavy atom. The van der Waals surface area contributed by atoms with Crippen LogP contribution >= 0.6 is 0 Å². The average molecular weight is 291 g/mol. The zero-order valence-electron chi connectivity index (χ0n) is 12.4. The molecule has 0 amide bonds. The minimum absolute atomic E-state index is 0.332. The maximum Gasteiger partial charge on any atom is 0.139 e. The summed E-state index contributed by atoms with van der Waals surface area (Å²) in [6, 6.07) is 22.1. The number of methoxy groups -OCH3 is 1. The monoisotopic (exact) mass is 291 g/mol. The van der Waals surface area contributed by atoms with Crippen molar-refractivity contribution in [3.05, 3.63) is 66.7 Å². The number of nitrogens with zero attached hydrogens (tertiary/aromatic N) is 1. The van der Waals surface area contributed by atoms with Gasteiger partial charge in [-0.25, -0.2) is 0 Å². The smallest absolute Gasteiger partial charge is 0.139 e. The summed E-state index contributed by atoms with van der Waals surface area (Å²) < 4.78 is 7.23. The van der Waals surface area contributed by atoms with E-state index in [2.05, 4.69) is 18.2 Å². The van der Waals surface area contributed by atoms with E-state index in [4.69, 9.17) is 4.74 Å². The fourth-order valence-corrected chi connectivity index (χ4v) is 2.61. The van der Waals surface area contributed by atoms with E-state index in [0.29, 0.717) is 6.54 Å². The largest absolute Gasteiger partial charge is 0.497 e. The summed E-state index contributed by atoms with van der Waals surface area (Å²) in [6.07, 6.45) is 0.930. The first kappa shape index (κ1) is 14.1. The highest BCUT2D eigenvalue weighted by atomic mass is 16.5. The van der Waals surface area contributed by atoms with Gasteiger partial charge in [0.1, 0.15) is 12.0 Å². The standard InChI is InChI=1S/C19H17NO2/c1-22-17-9-7-16(8-10-17)19-12-11-18(20(19)13-14-21)15-5-3-2-4-6-15/h2-12,14H,13H2,1H3. The van der Waals surface area contributed by atoms with E-state index >= 15 is 0 Å².